The minimum atomic E-state index is -0.330. The Labute approximate surface area is 139 Å². The van der Waals surface area contributed by atoms with Crippen molar-refractivity contribution in [2.24, 2.45) is 7.05 Å². The summed E-state index contributed by atoms with van der Waals surface area (Å²) < 4.78 is 14.8. The van der Waals surface area contributed by atoms with Crippen LogP contribution in [0, 0.1) is 5.82 Å². The number of nitrogens with zero attached hydrogens (tertiary/aromatic N) is 3. The average molecular weight is 336 g/mol. The summed E-state index contributed by atoms with van der Waals surface area (Å²) in [6, 6.07) is 4.68. The number of aromatic nitrogens is 2. The first-order valence-corrected chi connectivity index (χ1v) is 8.10. The molecule has 0 saturated carbocycles. The summed E-state index contributed by atoms with van der Waals surface area (Å²) in [7, 11) is 1.80. The molecule has 23 heavy (non-hydrogen) atoms. The number of ketones is 1. The van der Waals surface area contributed by atoms with E-state index in [-0.39, 0.29) is 17.6 Å². The Morgan fingerprint density at radius 3 is 3.00 bits per heavy atom. The number of aryl methyl sites for hydroxylation is 1. The molecule has 0 N–H and O–H groups in total. The van der Waals surface area contributed by atoms with Crippen molar-refractivity contribution in [3.05, 3.63) is 52.6 Å². The minimum absolute atomic E-state index is 0.111. The van der Waals surface area contributed by atoms with E-state index in [0.29, 0.717) is 23.6 Å². The largest absolute Gasteiger partial charge is 0.296 e. The number of hydrogen-bond donors (Lipinski definition) is 0. The van der Waals surface area contributed by atoms with Gasteiger partial charge in [-0.05, 0) is 37.1 Å². The fraction of sp³-hybridized carbons (Fsp3) is 0.412. The van der Waals surface area contributed by atoms with Crippen LogP contribution in [0.4, 0.5) is 4.39 Å². The number of Topliss-reactive ketones (excluding diaryl/α,β-unsaturated/α-hetero) is 1. The lowest BCUT2D eigenvalue weighted by molar-refractivity contribution is 0.0938. The normalized spacial score (nSPS) is 18.5. The average Bonchev–Trinajstić information content (AvgIpc) is 3.11. The molecule has 1 aromatic heterocycles. The van der Waals surface area contributed by atoms with Crippen LogP contribution in [-0.4, -0.2) is 33.1 Å². The molecule has 1 aliphatic heterocycles. The number of carbonyl (C=O) groups is 1. The molecule has 1 saturated heterocycles. The first-order chi connectivity index (χ1) is 11.0. The van der Waals surface area contributed by atoms with E-state index >= 15 is 0 Å². The molecular formula is C17H19ClFN3O. The number of halogens is 2. The van der Waals surface area contributed by atoms with Crippen LogP contribution in [0.25, 0.3) is 0 Å². The Bertz CT molecular complexity index is 716. The first kappa shape index (κ1) is 16.1. The molecule has 1 fully saturated rings. The molecule has 4 nitrogen and oxygen atoms in total. The minimum Gasteiger partial charge on any atom is -0.296 e. The molecule has 0 spiro atoms. The van der Waals surface area contributed by atoms with Crippen molar-refractivity contribution in [2.45, 2.75) is 31.8 Å². The van der Waals surface area contributed by atoms with Gasteiger partial charge in [-0.2, -0.15) is 5.10 Å². The van der Waals surface area contributed by atoms with Crippen LogP contribution in [0.1, 0.15) is 35.2 Å². The van der Waals surface area contributed by atoms with Gasteiger partial charge in [0.05, 0.1) is 11.8 Å². The molecule has 122 valence electrons. The second-order valence-corrected chi connectivity index (χ2v) is 6.44. The van der Waals surface area contributed by atoms with Gasteiger partial charge < -0.3 is 0 Å². The van der Waals surface area contributed by atoms with Crippen molar-refractivity contribution in [3.63, 3.8) is 0 Å². The van der Waals surface area contributed by atoms with E-state index in [1.54, 1.807) is 30.2 Å². The van der Waals surface area contributed by atoms with Gasteiger partial charge in [-0.15, -0.1) is 0 Å². The Hall–Kier alpha value is -1.72. The predicted octanol–water partition coefficient (Wildman–Crippen LogP) is 3.45. The highest BCUT2D eigenvalue weighted by atomic mass is 35.5. The van der Waals surface area contributed by atoms with Gasteiger partial charge in [0.2, 0.25) is 0 Å². The lowest BCUT2D eigenvalue weighted by Crippen LogP contribution is -2.31. The van der Waals surface area contributed by atoms with Gasteiger partial charge in [0, 0.05) is 37.3 Å². The summed E-state index contributed by atoms with van der Waals surface area (Å²) in [5, 5.41) is 4.49. The zero-order chi connectivity index (χ0) is 16.4. The molecule has 2 aromatic rings. The topological polar surface area (TPSA) is 38.1 Å². The summed E-state index contributed by atoms with van der Waals surface area (Å²) in [5.41, 5.74) is 1.55. The molecule has 2 heterocycles. The maximum atomic E-state index is 13.1. The second kappa shape index (κ2) is 6.81. The third kappa shape index (κ3) is 3.79. The van der Waals surface area contributed by atoms with E-state index in [1.165, 1.54) is 12.1 Å². The molecule has 1 aliphatic rings. The molecule has 0 radical (unpaired) electrons. The van der Waals surface area contributed by atoms with Gasteiger partial charge in [-0.25, -0.2) is 4.39 Å². The standard InChI is InChI=1S/C17H19ClFN3O/c1-21-10-13(9-20-21)17(23)8-15-3-2-6-22(15)11-12-4-5-14(19)7-16(12)18/h4-5,7,9-10,15H,2-3,6,8,11H2,1H3/t15-/m0/s1. The van der Waals surface area contributed by atoms with E-state index in [1.807, 2.05) is 0 Å². The van der Waals surface area contributed by atoms with Crippen LogP contribution in [-0.2, 0) is 13.6 Å². The van der Waals surface area contributed by atoms with Crippen molar-refractivity contribution in [1.82, 2.24) is 14.7 Å². The highest BCUT2D eigenvalue weighted by molar-refractivity contribution is 6.31. The Morgan fingerprint density at radius 2 is 2.30 bits per heavy atom. The molecule has 1 atom stereocenters. The second-order valence-electron chi connectivity index (χ2n) is 6.03. The van der Waals surface area contributed by atoms with Crippen LogP contribution < -0.4 is 0 Å². The summed E-state index contributed by atoms with van der Waals surface area (Å²) in [6.45, 7) is 1.57. The molecular weight excluding hydrogens is 317 g/mol. The van der Waals surface area contributed by atoms with Crippen molar-refractivity contribution in [2.75, 3.05) is 6.54 Å². The molecule has 0 aliphatic carbocycles. The molecule has 0 bridgehead atoms. The van der Waals surface area contributed by atoms with Gasteiger partial charge >= 0.3 is 0 Å². The quantitative estimate of drug-likeness (QED) is 0.785. The Morgan fingerprint density at radius 1 is 1.48 bits per heavy atom. The maximum absolute atomic E-state index is 13.1. The number of carbonyl (C=O) groups excluding carboxylic acids is 1. The zero-order valence-electron chi connectivity index (χ0n) is 13.0. The summed E-state index contributed by atoms with van der Waals surface area (Å²) in [5.74, 6) is -0.219. The van der Waals surface area contributed by atoms with Crippen LogP contribution in [0.15, 0.2) is 30.6 Å². The maximum Gasteiger partial charge on any atom is 0.167 e. The third-order valence-electron chi connectivity index (χ3n) is 4.34. The third-order valence-corrected chi connectivity index (χ3v) is 4.69. The van der Waals surface area contributed by atoms with E-state index in [0.717, 1.165) is 24.9 Å². The van der Waals surface area contributed by atoms with E-state index in [2.05, 4.69) is 10.00 Å². The van der Waals surface area contributed by atoms with Crippen molar-refractivity contribution in [1.29, 1.82) is 0 Å². The smallest absolute Gasteiger partial charge is 0.167 e. The molecule has 1 aromatic carbocycles. The van der Waals surface area contributed by atoms with Crippen LogP contribution in [0.3, 0.4) is 0 Å². The van der Waals surface area contributed by atoms with Gasteiger partial charge in [0.15, 0.2) is 5.78 Å². The van der Waals surface area contributed by atoms with Gasteiger partial charge in [0.1, 0.15) is 5.82 Å². The summed E-state index contributed by atoms with van der Waals surface area (Å²) >= 11 is 6.12. The van der Waals surface area contributed by atoms with E-state index in [4.69, 9.17) is 11.6 Å². The monoisotopic (exact) mass is 335 g/mol. The van der Waals surface area contributed by atoms with E-state index < -0.39 is 0 Å². The highest BCUT2D eigenvalue weighted by Crippen LogP contribution is 2.26. The van der Waals surface area contributed by atoms with Crippen molar-refractivity contribution >= 4 is 17.4 Å². The van der Waals surface area contributed by atoms with Crippen molar-refractivity contribution in [3.8, 4) is 0 Å². The first-order valence-electron chi connectivity index (χ1n) is 7.73. The SMILES string of the molecule is Cn1cc(C(=O)C[C@@H]2CCCN2Cc2ccc(F)cc2Cl)cn1. The fourth-order valence-electron chi connectivity index (χ4n) is 3.10. The zero-order valence-corrected chi connectivity index (χ0v) is 13.8. The number of rotatable bonds is 5. The molecule has 6 heteroatoms. The van der Waals surface area contributed by atoms with Gasteiger partial charge in [0.25, 0.3) is 0 Å². The van der Waals surface area contributed by atoms with Gasteiger partial charge in [-0.3, -0.25) is 14.4 Å². The lowest BCUT2D eigenvalue weighted by atomic mass is 10.0. The Balaban J connectivity index is 1.66. The summed E-state index contributed by atoms with van der Waals surface area (Å²) in [6.07, 6.45) is 5.88. The predicted molar refractivity (Wildman–Crippen MR) is 87.0 cm³/mol. The van der Waals surface area contributed by atoms with Crippen LogP contribution in [0.5, 0.6) is 0 Å². The van der Waals surface area contributed by atoms with Crippen LogP contribution >= 0.6 is 11.6 Å². The fourth-order valence-corrected chi connectivity index (χ4v) is 3.33. The molecule has 0 amide bonds. The molecule has 3 rings (SSSR count). The highest BCUT2D eigenvalue weighted by Gasteiger charge is 2.27. The number of hydrogen-bond acceptors (Lipinski definition) is 3. The van der Waals surface area contributed by atoms with Crippen molar-refractivity contribution < 1.29 is 9.18 Å². The molecule has 0 unspecified atom stereocenters. The lowest BCUT2D eigenvalue weighted by Gasteiger charge is -2.24. The Kier molecular flexibility index (Phi) is 4.78. The number of likely N-dealkylation sites (tertiary alicyclic amines) is 1. The summed E-state index contributed by atoms with van der Waals surface area (Å²) in [4.78, 5) is 14.6. The van der Waals surface area contributed by atoms with E-state index in [9.17, 15) is 9.18 Å². The van der Waals surface area contributed by atoms with Crippen LogP contribution in [0.2, 0.25) is 5.02 Å². The number of benzene rings is 1. The van der Waals surface area contributed by atoms with Gasteiger partial charge in [-0.1, -0.05) is 17.7 Å².